The van der Waals surface area contributed by atoms with Crippen LogP contribution in [-0.4, -0.2) is 53.1 Å². The van der Waals surface area contributed by atoms with Crippen molar-refractivity contribution >= 4 is 23.0 Å². The molecular formula is C16H23N5O2. The molecule has 0 spiro atoms. The third-order valence-electron chi connectivity index (χ3n) is 3.33. The van der Waals surface area contributed by atoms with Crippen molar-refractivity contribution in [2.75, 3.05) is 20.6 Å². The molecule has 0 fully saturated rings. The Bertz CT molecular complexity index is 706. The summed E-state index contributed by atoms with van der Waals surface area (Å²) in [5.74, 6) is -0.0477. The summed E-state index contributed by atoms with van der Waals surface area (Å²) in [5.41, 5.74) is 2.32. The quantitative estimate of drug-likeness (QED) is 0.876. The van der Waals surface area contributed by atoms with Gasteiger partial charge in [-0.05, 0) is 32.0 Å². The van der Waals surface area contributed by atoms with Gasteiger partial charge in [0.05, 0.1) is 17.4 Å². The van der Waals surface area contributed by atoms with E-state index in [9.17, 15) is 9.59 Å². The number of aromatic nitrogens is 2. The molecule has 1 heterocycles. The van der Waals surface area contributed by atoms with Crippen molar-refractivity contribution in [3.63, 3.8) is 0 Å². The fourth-order valence-corrected chi connectivity index (χ4v) is 2.24. The standard InChI is InChI=1S/C16H23N5O2/c1-11(2)19-16(23)17-7-8-21-10-18-13-9-12(5-6-14(13)21)15(22)20(3)4/h5-6,9-11H,7-8H2,1-4H3,(H2,17,19,23). The lowest BCUT2D eigenvalue weighted by molar-refractivity contribution is 0.0827. The van der Waals surface area contributed by atoms with Crippen LogP contribution in [0, 0.1) is 0 Å². The zero-order valence-corrected chi connectivity index (χ0v) is 14.0. The van der Waals surface area contributed by atoms with Crippen molar-refractivity contribution in [2.45, 2.75) is 26.4 Å². The van der Waals surface area contributed by atoms with Gasteiger partial charge in [-0.1, -0.05) is 0 Å². The summed E-state index contributed by atoms with van der Waals surface area (Å²) < 4.78 is 1.95. The zero-order chi connectivity index (χ0) is 17.0. The molecule has 2 rings (SSSR count). The van der Waals surface area contributed by atoms with E-state index < -0.39 is 0 Å². The molecule has 0 radical (unpaired) electrons. The predicted octanol–water partition coefficient (Wildman–Crippen LogP) is 1.45. The Hall–Kier alpha value is -2.57. The third kappa shape index (κ3) is 4.21. The normalized spacial score (nSPS) is 10.8. The Kier molecular flexibility index (Phi) is 5.20. The Labute approximate surface area is 135 Å². The highest BCUT2D eigenvalue weighted by atomic mass is 16.2. The van der Waals surface area contributed by atoms with Gasteiger partial charge in [-0.25, -0.2) is 9.78 Å². The Morgan fingerprint density at radius 1 is 1.30 bits per heavy atom. The highest BCUT2D eigenvalue weighted by Gasteiger charge is 2.11. The minimum absolute atomic E-state index is 0.0477. The minimum Gasteiger partial charge on any atom is -0.345 e. The van der Waals surface area contributed by atoms with Crippen LogP contribution in [0.4, 0.5) is 4.79 Å². The third-order valence-corrected chi connectivity index (χ3v) is 3.33. The number of rotatable bonds is 5. The topological polar surface area (TPSA) is 79.3 Å². The van der Waals surface area contributed by atoms with Crippen molar-refractivity contribution in [3.05, 3.63) is 30.1 Å². The fourth-order valence-electron chi connectivity index (χ4n) is 2.24. The van der Waals surface area contributed by atoms with Crippen LogP contribution in [0.2, 0.25) is 0 Å². The van der Waals surface area contributed by atoms with E-state index >= 15 is 0 Å². The molecule has 0 saturated carbocycles. The minimum atomic E-state index is -0.178. The molecule has 2 N–H and O–H groups in total. The van der Waals surface area contributed by atoms with Crippen LogP contribution in [0.15, 0.2) is 24.5 Å². The molecule has 7 nitrogen and oxygen atoms in total. The lowest BCUT2D eigenvalue weighted by atomic mass is 10.2. The van der Waals surface area contributed by atoms with E-state index in [0.29, 0.717) is 18.7 Å². The first-order chi connectivity index (χ1) is 10.9. The van der Waals surface area contributed by atoms with Gasteiger partial charge >= 0.3 is 6.03 Å². The first-order valence-electron chi connectivity index (χ1n) is 7.59. The monoisotopic (exact) mass is 317 g/mol. The van der Waals surface area contributed by atoms with Crippen LogP contribution in [0.25, 0.3) is 11.0 Å². The van der Waals surface area contributed by atoms with E-state index in [1.54, 1.807) is 32.6 Å². The van der Waals surface area contributed by atoms with Crippen molar-refractivity contribution < 1.29 is 9.59 Å². The molecular weight excluding hydrogens is 294 g/mol. The number of hydrogen-bond acceptors (Lipinski definition) is 3. The predicted molar refractivity (Wildman–Crippen MR) is 89.4 cm³/mol. The molecule has 124 valence electrons. The van der Waals surface area contributed by atoms with Gasteiger partial charge < -0.3 is 20.1 Å². The molecule has 1 aromatic carbocycles. The van der Waals surface area contributed by atoms with Gasteiger partial charge in [-0.3, -0.25) is 4.79 Å². The van der Waals surface area contributed by atoms with Crippen LogP contribution in [0.1, 0.15) is 24.2 Å². The summed E-state index contributed by atoms with van der Waals surface area (Å²) in [6, 6.07) is 5.39. The molecule has 0 unspecified atom stereocenters. The SMILES string of the molecule is CC(C)NC(=O)NCCn1cnc2cc(C(=O)N(C)C)ccc21. The van der Waals surface area contributed by atoms with Gasteiger partial charge in [-0.2, -0.15) is 0 Å². The lowest BCUT2D eigenvalue weighted by Crippen LogP contribution is -2.40. The highest BCUT2D eigenvalue weighted by Crippen LogP contribution is 2.15. The summed E-state index contributed by atoms with van der Waals surface area (Å²) in [6.07, 6.45) is 1.72. The maximum atomic E-state index is 12.0. The number of carbonyl (C=O) groups excluding carboxylic acids is 2. The van der Waals surface area contributed by atoms with E-state index in [1.165, 1.54) is 4.90 Å². The molecule has 0 atom stereocenters. The summed E-state index contributed by atoms with van der Waals surface area (Å²) in [4.78, 5) is 29.4. The average Bonchev–Trinajstić information content (AvgIpc) is 2.88. The van der Waals surface area contributed by atoms with Crippen LogP contribution < -0.4 is 10.6 Å². The molecule has 3 amide bonds. The molecule has 7 heteroatoms. The number of nitrogens with zero attached hydrogens (tertiary/aromatic N) is 3. The van der Waals surface area contributed by atoms with Gasteiger partial charge in [0.25, 0.3) is 5.91 Å². The maximum Gasteiger partial charge on any atom is 0.315 e. The number of carbonyl (C=O) groups is 2. The molecule has 0 aliphatic heterocycles. The summed E-state index contributed by atoms with van der Waals surface area (Å²) in [7, 11) is 3.44. The van der Waals surface area contributed by atoms with E-state index in [0.717, 1.165) is 11.0 Å². The van der Waals surface area contributed by atoms with Crippen LogP contribution in [0.3, 0.4) is 0 Å². The van der Waals surface area contributed by atoms with E-state index in [2.05, 4.69) is 15.6 Å². The largest absolute Gasteiger partial charge is 0.345 e. The van der Waals surface area contributed by atoms with Gasteiger partial charge in [0.15, 0.2) is 0 Å². The van der Waals surface area contributed by atoms with Crippen molar-refractivity contribution in [1.29, 1.82) is 0 Å². The summed E-state index contributed by atoms with van der Waals surface area (Å²) in [5, 5.41) is 5.58. The number of nitrogens with one attached hydrogen (secondary N) is 2. The lowest BCUT2D eigenvalue weighted by Gasteiger charge is -2.11. The molecule has 23 heavy (non-hydrogen) atoms. The average molecular weight is 317 g/mol. The second-order valence-corrected chi connectivity index (χ2v) is 5.90. The second kappa shape index (κ2) is 7.13. The molecule has 2 aromatic rings. The number of urea groups is 1. The summed E-state index contributed by atoms with van der Waals surface area (Å²) in [6.45, 7) is 4.94. The fraction of sp³-hybridized carbons (Fsp3) is 0.438. The number of amides is 3. The first-order valence-corrected chi connectivity index (χ1v) is 7.59. The first kappa shape index (κ1) is 16.8. The Morgan fingerprint density at radius 2 is 2.04 bits per heavy atom. The Morgan fingerprint density at radius 3 is 2.70 bits per heavy atom. The van der Waals surface area contributed by atoms with Crippen LogP contribution in [-0.2, 0) is 6.54 Å². The maximum absolute atomic E-state index is 12.0. The van der Waals surface area contributed by atoms with Crippen molar-refractivity contribution in [2.24, 2.45) is 0 Å². The van der Waals surface area contributed by atoms with Gasteiger partial charge in [0.2, 0.25) is 0 Å². The van der Waals surface area contributed by atoms with Gasteiger partial charge in [-0.15, -0.1) is 0 Å². The summed E-state index contributed by atoms with van der Waals surface area (Å²) >= 11 is 0. The van der Waals surface area contributed by atoms with Crippen molar-refractivity contribution in [3.8, 4) is 0 Å². The van der Waals surface area contributed by atoms with E-state index in [1.807, 2.05) is 24.5 Å². The smallest absolute Gasteiger partial charge is 0.315 e. The molecule has 1 aromatic heterocycles. The molecule has 0 aliphatic rings. The van der Waals surface area contributed by atoms with Crippen LogP contribution in [0.5, 0.6) is 0 Å². The molecule has 0 bridgehead atoms. The van der Waals surface area contributed by atoms with E-state index in [4.69, 9.17) is 0 Å². The number of imidazole rings is 1. The molecule has 0 saturated heterocycles. The Balaban J connectivity index is 2.03. The highest BCUT2D eigenvalue weighted by molar-refractivity contribution is 5.97. The van der Waals surface area contributed by atoms with E-state index in [-0.39, 0.29) is 18.0 Å². The molecule has 0 aliphatic carbocycles. The second-order valence-electron chi connectivity index (χ2n) is 5.90. The number of fused-ring (bicyclic) bond motifs is 1. The van der Waals surface area contributed by atoms with Crippen LogP contribution >= 0.6 is 0 Å². The zero-order valence-electron chi connectivity index (χ0n) is 14.0. The van der Waals surface area contributed by atoms with Gasteiger partial charge in [0.1, 0.15) is 0 Å². The number of benzene rings is 1. The van der Waals surface area contributed by atoms with Gasteiger partial charge in [0, 0.05) is 38.8 Å². The number of hydrogen-bond donors (Lipinski definition) is 2. The van der Waals surface area contributed by atoms with Crippen molar-refractivity contribution in [1.82, 2.24) is 25.1 Å².